The van der Waals surface area contributed by atoms with E-state index in [1.54, 1.807) is 6.20 Å². The molecule has 0 radical (unpaired) electrons. The summed E-state index contributed by atoms with van der Waals surface area (Å²) in [7, 11) is 0. The summed E-state index contributed by atoms with van der Waals surface area (Å²) >= 11 is 0. The lowest BCUT2D eigenvalue weighted by Gasteiger charge is -2.13. The molecule has 0 spiro atoms. The van der Waals surface area contributed by atoms with Crippen LogP contribution in [0.1, 0.15) is 52.7 Å². The Balaban J connectivity index is 1.88. The number of nitrogens with zero attached hydrogens (tertiary/aromatic N) is 1. The standard InChI is InChI=1S/C14H22N2O2/c1-13(2,3)10-7-15-11(18-10)8-16-12(17)9-6-14(9,4)5/h7,9H,6,8H2,1-5H3,(H,16,17)/t9-/m1/s1. The zero-order chi connectivity index (χ0) is 13.6. The highest BCUT2D eigenvalue weighted by Gasteiger charge is 2.50. The highest BCUT2D eigenvalue weighted by Crippen LogP contribution is 2.51. The van der Waals surface area contributed by atoms with Crippen LogP contribution in [0.3, 0.4) is 0 Å². The van der Waals surface area contributed by atoms with Crippen molar-refractivity contribution >= 4 is 5.91 Å². The summed E-state index contributed by atoms with van der Waals surface area (Å²) in [6, 6.07) is 0. The maximum absolute atomic E-state index is 11.8. The Morgan fingerprint density at radius 3 is 2.61 bits per heavy atom. The van der Waals surface area contributed by atoms with Crippen molar-refractivity contribution in [1.29, 1.82) is 0 Å². The molecule has 0 saturated heterocycles. The second kappa shape index (κ2) is 4.11. The van der Waals surface area contributed by atoms with Crippen molar-refractivity contribution in [2.24, 2.45) is 11.3 Å². The molecule has 1 saturated carbocycles. The zero-order valence-electron chi connectivity index (χ0n) is 11.8. The van der Waals surface area contributed by atoms with E-state index in [1.807, 2.05) is 0 Å². The molecule has 1 aromatic heterocycles. The molecule has 100 valence electrons. The lowest BCUT2D eigenvalue weighted by atomic mass is 9.94. The van der Waals surface area contributed by atoms with Crippen LogP contribution in [0.4, 0.5) is 0 Å². The van der Waals surface area contributed by atoms with Crippen molar-refractivity contribution in [1.82, 2.24) is 10.3 Å². The van der Waals surface area contributed by atoms with Crippen LogP contribution in [0.25, 0.3) is 0 Å². The van der Waals surface area contributed by atoms with Gasteiger partial charge in [0, 0.05) is 11.3 Å². The van der Waals surface area contributed by atoms with E-state index in [4.69, 9.17) is 4.42 Å². The number of nitrogens with one attached hydrogen (secondary N) is 1. The minimum Gasteiger partial charge on any atom is -0.443 e. The van der Waals surface area contributed by atoms with E-state index in [1.165, 1.54) is 0 Å². The van der Waals surface area contributed by atoms with Crippen molar-refractivity contribution in [2.45, 2.75) is 53.0 Å². The Kier molecular flexibility index (Phi) is 2.99. The van der Waals surface area contributed by atoms with Crippen LogP contribution >= 0.6 is 0 Å². The summed E-state index contributed by atoms with van der Waals surface area (Å²) in [4.78, 5) is 16.0. The smallest absolute Gasteiger partial charge is 0.224 e. The Hall–Kier alpha value is -1.32. The number of amides is 1. The average Bonchev–Trinajstić information content (AvgIpc) is 2.70. The number of hydrogen-bond acceptors (Lipinski definition) is 3. The molecule has 0 aromatic carbocycles. The molecule has 0 aliphatic heterocycles. The highest BCUT2D eigenvalue weighted by atomic mass is 16.4. The molecule has 1 fully saturated rings. The van der Waals surface area contributed by atoms with Gasteiger partial charge in [-0.15, -0.1) is 0 Å². The van der Waals surface area contributed by atoms with Crippen molar-refractivity contribution in [2.75, 3.05) is 0 Å². The van der Waals surface area contributed by atoms with Gasteiger partial charge in [0.15, 0.2) is 0 Å². The lowest BCUT2D eigenvalue weighted by molar-refractivity contribution is -0.123. The fourth-order valence-corrected chi connectivity index (χ4v) is 1.94. The maximum atomic E-state index is 11.8. The second-order valence-corrected chi connectivity index (χ2v) is 6.83. The fourth-order valence-electron chi connectivity index (χ4n) is 1.94. The summed E-state index contributed by atoms with van der Waals surface area (Å²) in [5.74, 6) is 1.68. The van der Waals surface area contributed by atoms with Crippen molar-refractivity contribution in [3.8, 4) is 0 Å². The number of carbonyl (C=O) groups excluding carboxylic acids is 1. The minimum atomic E-state index is -0.0479. The molecule has 1 heterocycles. The highest BCUT2D eigenvalue weighted by molar-refractivity contribution is 5.82. The average molecular weight is 250 g/mol. The van der Waals surface area contributed by atoms with Gasteiger partial charge in [-0.2, -0.15) is 0 Å². The van der Waals surface area contributed by atoms with Crippen LogP contribution < -0.4 is 5.32 Å². The minimum absolute atomic E-state index is 0.0479. The van der Waals surface area contributed by atoms with Gasteiger partial charge in [0.2, 0.25) is 11.8 Å². The van der Waals surface area contributed by atoms with E-state index in [0.717, 1.165) is 12.2 Å². The van der Waals surface area contributed by atoms with Crippen molar-refractivity contribution < 1.29 is 9.21 Å². The third-order valence-electron chi connectivity index (χ3n) is 3.54. The summed E-state index contributed by atoms with van der Waals surface area (Å²) in [5, 5.41) is 2.89. The molecule has 1 aliphatic rings. The van der Waals surface area contributed by atoms with Crippen molar-refractivity contribution in [3.05, 3.63) is 17.8 Å². The predicted molar refractivity (Wildman–Crippen MR) is 68.9 cm³/mol. The summed E-state index contributed by atoms with van der Waals surface area (Å²) in [5.41, 5.74) is 0.116. The lowest BCUT2D eigenvalue weighted by Crippen LogP contribution is -2.26. The zero-order valence-corrected chi connectivity index (χ0v) is 11.8. The number of oxazole rings is 1. The van der Waals surface area contributed by atoms with Gasteiger partial charge >= 0.3 is 0 Å². The molecule has 1 aromatic rings. The molecular formula is C14H22N2O2. The van der Waals surface area contributed by atoms with Gasteiger partial charge in [-0.1, -0.05) is 34.6 Å². The molecule has 4 nitrogen and oxygen atoms in total. The van der Waals surface area contributed by atoms with Crippen LogP contribution in [-0.4, -0.2) is 10.9 Å². The first kappa shape index (κ1) is 13.1. The first-order valence-electron chi connectivity index (χ1n) is 6.43. The number of hydrogen-bond donors (Lipinski definition) is 1. The molecule has 1 amide bonds. The monoisotopic (exact) mass is 250 g/mol. The summed E-state index contributed by atoms with van der Waals surface area (Å²) < 4.78 is 5.62. The SMILES string of the molecule is CC(C)(C)c1cnc(CNC(=O)[C@H]2CC2(C)C)o1. The number of rotatable bonds is 3. The normalized spacial score (nSPS) is 21.7. The van der Waals surface area contributed by atoms with Gasteiger partial charge in [0.1, 0.15) is 5.76 Å². The Morgan fingerprint density at radius 2 is 2.17 bits per heavy atom. The molecule has 1 N–H and O–H groups in total. The van der Waals surface area contributed by atoms with Gasteiger partial charge < -0.3 is 9.73 Å². The quantitative estimate of drug-likeness (QED) is 0.897. The fraction of sp³-hybridized carbons (Fsp3) is 0.714. The summed E-state index contributed by atoms with van der Waals surface area (Å²) in [6.45, 7) is 10.8. The van der Waals surface area contributed by atoms with Gasteiger partial charge in [-0.25, -0.2) is 4.98 Å². The van der Waals surface area contributed by atoms with Crippen LogP contribution in [-0.2, 0) is 16.8 Å². The topological polar surface area (TPSA) is 55.1 Å². The van der Waals surface area contributed by atoms with E-state index >= 15 is 0 Å². The first-order valence-corrected chi connectivity index (χ1v) is 6.43. The maximum Gasteiger partial charge on any atom is 0.224 e. The van der Waals surface area contributed by atoms with E-state index in [0.29, 0.717) is 12.4 Å². The van der Waals surface area contributed by atoms with Crippen molar-refractivity contribution in [3.63, 3.8) is 0 Å². The van der Waals surface area contributed by atoms with Gasteiger partial charge in [0.25, 0.3) is 0 Å². The first-order chi connectivity index (χ1) is 8.20. The molecule has 0 unspecified atom stereocenters. The van der Waals surface area contributed by atoms with Crippen LogP contribution in [0.5, 0.6) is 0 Å². The summed E-state index contributed by atoms with van der Waals surface area (Å²) in [6.07, 6.45) is 2.71. The Bertz CT molecular complexity index is 455. The molecule has 1 atom stereocenters. The van der Waals surface area contributed by atoms with E-state index in [-0.39, 0.29) is 22.7 Å². The van der Waals surface area contributed by atoms with Gasteiger partial charge in [-0.3, -0.25) is 4.79 Å². The molecule has 1 aliphatic carbocycles. The molecular weight excluding hydrogens is 228 g/mol. The number of aromatic nitrogens is 1. The van der Waals surface area contributed by atoms with E-state index in [9.17, 15) is 4.79 Å². The van der Waals surface area contributed by atoms with E-state index < -0.39 is 0 Å². The van der Waals surface area contributed by atoms with Crippen LogP contribution in [0.15, 0.2) is 10.6 Å². The second-order valence-electron chi connectivity index (χ2n) is 6.83. The molecule has 4 heteroatoms. The van der Waals surface area contributed by atoms with Gasteiger partial charge in [0.05, 0.1) is 12.7 Å². The van der Waals surface area contributed by atoms with Gasteiger partial charge in [-0.05, 0) is 11.8 Å². The van der Waals surface area contributed by atoms with Crippen LogP contribution in [0.2, 0.25) is 0 Å². The molecule has 2 rings (SSSR count). The predicted octanol–water partition coefficient (Wildman–Crippen LogP) is 2.63. The third kappa shape index (κ3) is 2.74. The Morgan fingerprint density at radius 1 is 1.56 bits per heavy atom. The number of carbonyl (C=O) groups is 1. The molecule has 0 bridgehead atoms. The molecule has 18 heavy (non-hydrogen) atoms. The van der Waals surface area contributed by atoms with Crippen LogP contribution in [0, 0.1) is 11.3 Å². The van der Waals surface area contributed by atoms with E-state index in [2.05, 4.69) is 44.9 Å². The third-order valence-corrected chi connectivity index (χ3v) is 3.54. The Labute approximate surface area is 108 Å². The largest absolute Gasteiger partial charge is 0.443 e.